The number of hydrogen-bond donors (Lipinski definition) is 3. The van der Waals surface area contributed by atoms with Crippen LogP contribution in [0.3, 0.4) is 0 Å². The molecule has 2 aromatic heterocycles. The quantitative estimate of drug-likeness (QED) is 0.184. The van der Waals surface area contributed by atoms with E-state index < -0.39 is 11.5 Å². The number of benzene rings is 1. The number of hydrogen-bond acceptors (Lipinski definition) is 9. The average molecular weight is 545 g/mol. The zero-order valence-corrected chi connectivity index (χ0v) is 23.3. The zero-order chi connectivity index (χ0) is 26.4. The lowest BCUT2D eigenvalue weighted by Gasteiger charge is -2.40. The number of hydroxylamine groups is 1. The molecule has 1 fully saturated rings. The maximum Gasteiger partial charge on any atom is 0.249 e. The first-order valence-electron chi connectivity index (χ1n) is 12.5. The number of nitrogens with zero attached hydrogens (tertiary/aromatic N) is 3. The average Bonchev–Trinajstić information content (AvgIpc) is 3.44. The summed E-state index contributed by atoms with van der Waals surface area (Å²) in [5.41, 5.74) is 3.57. The molecule has 1 saturated heterocycles. The minimum atomic E-state index is -0.807. The van der Waals surface area contributed by atoms with Gasteiger partial charge in [-0.1, -0.05) is 6.07 Å². The fourth-order valence-corrected chi connectivity index (χ4v) is 6.97. The van der Waals surface area contributed by atoms with E-state index in [1.807, 2.05) is 54.4 Å². The number of amides is 1. The molecule has 10 heteroatoms. The van der Waals surface area contributed by atoms with Crippen LogP contribution in [0.1, 0.15) is 37.4 Å². The molecule has 0 bridgehead atoms. The predicted molar refractivity (Wildman–Crippen MR) is 150 cm³/mol. The Balaban J connectivity index is 1.47. The molecule has 37 heavy (non-hydrogen) atoms. The van der Waals surface area contributed by atoms with E-state index in [1.54, 1.807) is 24.6 Å². The Morgan fingerprint density at radius 3 is 2.76 bits per heavy atom. The van der Waals surface area contributed by atoms with Gasteiger partial charge in [-0.25, -0.2) is 5.48 Å². The highest BCUT2D eigenvalue weighted by molar-refractivity contribution is 8.01. The Labute approximate surface area is 226 Å². The third-order valence-corrected chi connectivity index (χ3v) is 9.46. The fraction of sp³-hybridized carbons (Fsp3) is 0.481. The Morgan fingerprint density at radius 2 is 2.11 bits per heavy atom. The molecule has 4 rings (SSSR count). The molecule has 0 aliphatic carbocycles. The number of carbonyl (C=O) groups is 1. The molecule has 1 aromatic carbocycles. The summed E-state index contributed by atoms with van der Waals surface area (Å²) in [6, 6.07) is 9.84. The fourth-order valence-electron chi connectivity index (χ4n) is 5.11. The van der Waals surface area contributed by atoms with Gasteiger partial charge in [0.15, 0.2) is 0 Å². The first-order chi connectivity index (χ1) is 17.9. The van der Waals surface area contributed by atoms with Crippen molar-refractivity contribution < 1.29 is 19.8 Å². The van der Waals surface area contributed by atoms with E-state index in [2.05, 4.69) is 27.4 Å². The highest BCUT2D eigenvalue weighted by atomic mass is 32.2. The number of thioether (sulfide) groups is 1. The van der Waals surface area contributed by atoms with Crippen molar-refractivity contribution in [3.05, 3.63) is 47.5 Å². The van der Waals surface area contributed by atoms with Gasteiger partial charge in [0.1, 0.15) is 5.75 Å². The van der Waals surface area contributed by atoms with Crippen LogP contribution in [0.2, 0.25) is 0 Å². The Morgan fingerprint density at radius 1 is 1.32 bits per heavy atom. The van der Waals surface area contributed by atoms with Crippen LogP contribution in [0, 0.1) is 5.41 Å². The summed E-state index contributed by atoms with van der Waals surface area (Å²) in [6.07, 6.45) is 3.11. The molecule has 1 aliphatic rings. The van der Waals surface area contributed by atoms with Crippen molar-refractivity contribution in [2.45, 2.75) is 36.0 Å². The van der Waals surface area contributed by atoms with Crippen LogP contribution in [0.4, 0.5) is 5.69 Å². The normalized spacial score (nSPS) is 16.5. The molecule has 0 spiro atoms. The molecule has 200 valence electrons. The number of nitrogens with one attached hydrogen (secondary N) is 1. The van der Waals surface area contributed by atoms with Crippen molar-refractivity contribution in [1.82, 2.24) is 15.4 Å². The van der Waals surface area contributed by atoms with Gasteiger partial charge in [0.2, 0.25) is 5.91 Å². The van der Waals surface area contributed by atoms with E-state index in [1.165, 1.54) is 4.21 Å². The second kappa shape index (κ2) is 12.4. The molecule has 1 aliphatic heterocycles. The highest BCUT2D eigenvalue weighted by Crippen LogP contribution is 2.41. The van der Waals surface area contributed by atoms with Gasteiger partial charge >= 0.3 is 0 Å². The lowest BCUT2D eigenvalue weighted by Crippen LogP contribution is -2.48. The third kappa shape index (κ3) is 6.38. The van der Waals surface area contributed by atoms with Crippen LogP contribution in [0.5, 0.6) is 5.75 Å². The van der Waals surface area contributed by atoms with Gasteiger partial charge in [-0.3, -0.25) is 15.0 Å². The maximum absolute atomic E-state index is 12.9. The van der Waals surface area contributed by atoms with Gasteiger partial charge in [0.25, 0.3) is 0 Å². The molecule has 0 saturated carbocycles. The molecule has 1 amide bonds. The SMILES string of the molecule is COc1ccc2ncc(N(C)C)c(C(O)CCC3(C(=O)NO)CCN(CCSc4cccs4)CC3)c2c1. The first-order valence-corrected chi connectivity index (χ1v) is 14.4. The van der Waals surface area contributed by atoms with Crippen LogP contribution in [-0.2, 0) is 4.79 Å². The van der Waals surface area contributed by atoms with Crippen LogP contribution >= 0.6 is 23.1 Å². The van der Waals surface area contributed by atoms with E-state index in [0.29, 0.717) is 31.4 Å². The van der Waals surface area contributed by atoms with Crippen LogP contribution in [-0.4, -0.2) is 72.7 Å². The maximum atomic E-state index is 12.9. The Kier molecular flexibility index (Phi) is 9.31. The summed E-state index contributed by atoms with van der Waals surface area (Å²) in [6.45, 7) is 2.53. The molecule has 3 aromatic rings. The van der Waals surface area contributed by atoms with Crippen molar-refractivity contribution in [2.24, 2.45) is 5.41 Å². The third-order valence-electron chi connectivity index (χ3n) is 7.35. The zero-order valence-electron chi connectivity index (χ0n) is 21.6. The van der Waals surface area contributed by atoms with Crippen molar-refractivity contribution in [1.29, 1.82) is 0 Å². The molecule has 8 nitrogen and oxygen atoms in total. The van der Waals surface area contributed by atoms with Crippen molar-refractivity contribution in [3.8, 4) is 5.75 Å². The summed E-state index contributed by atoms with van der Waals surface area (Å²) in [5.74, 6) is 1.34. The van der Waals surface area contributed by atoms with Crippen molar-refractivity contribution >= 4 is 45.6 Å². The number of likely N-dealkylation sites (tertiary alicyclic amines) is 1. The van der Waals surface area contributed by atoms with E-state index in [-0.39, 0.29) is 5.91 Å². The molecule has 3 heterocycles. The van der Waals surface area contributed by atoms with Gasteiger partial charge in [-0.2, -0.15) is 0 Å². The lowest BCUT2D eigenvalue weighted by atomic mass is 9.73. The lowest BCUT2D eigenvalue weighted by molar-refractivity contribution is -0.143. The number of methoxy groups -OCH3 is 1. The van der Waals surface area contributed by atoms with Crippen LogP contribution in [0.15, 0.2) is 46.1 Å². The second-order valence-electron chi connectivity index (χ2n) is 9.73. The van der Waals surface area contributed by atoms with Crippen molar-refractivity contribution in [2.75, 3.05) is 51.5 Å². The topological polar surface area (TPSA) is 98.2 Å². The summed E-state index contributed by atoms with van der Waals surface area (Å²) in [7, 11) is 5.46. The molecule has 0 radical (unpaired) electrons. The number of aliphatic hydroxyl groups is 1. The van der Waals surface area contributed by atoms with Gasteiger partial charge in [-0.15, -0.1) is 23.1 Å². The standard InChI is InChI=1S/C27H36N4O4S2/c1-30(2)22-18-28-21-7-6-19(35-3)17-20(21)25(22)23(32)8-9-27(26(33)29-34)10-12-31(13-11-27)14-16-37-24-5-4-15-36-24/h4-7,15,17-18,23,32,34H,8-14,16H2,1-3H3,(H,29,33). The number of piperidine rings is 1. The van der Waals surface area contributed by atoms with Gasteiger partial charge in [-0.05, 0) is 68.4 Å². The molecular formula is C27H36N4O4S2. The number of aliphatic hydroxyl groups excluding tert-OH is 1. The van der Waals surface area contributed by atoms with Crippen LogP contribution in [0.25, 0.3) is 10.9 Å². The first kappa shape index (κ1) is 27.7. The number of pyridine rings is 1. The smallest absolute Gasteiger partial charge is 0.249 e. The summed E-state index contributed by atoms with van der Waals surface area (Å²) in [4.78, 5) is 21.8. The number of rotatable bonds is 11. The molecule has 1 atom stereocenters. The Bertz CT molecular complexity index is 1180. The Hall–Kier alpha value is -2.37. The van der Waals surface area contributed by atoms with Gasteiger partial charge in [0, 0.05) is 37.3 Å². The largest absolute Gasteiger partial charge is 0.497 e. The second-order valence-corrected chi connectivity index (χ2v) is 12.1. The number of thiophene rings is 1. The van der Waals surface area contributed by atoms with Crippen LogP contribution < -0.4 is 15.1 Å². The van der Waals surface area contributed by atoms with E-state index in [0.717, 1.165) is 47.5 Å². The van der Waals surface area contributed by atoms with Gasteiger partial charge < -0.3 is 19.6 Å². The van der Waals surface area contributed by atoms with E-state index in [9.17, 15) is 15.1 Å². The van der Waals surface area contributed by atoms with E-state index in [4.69, 9.17) is 4.74 Å². The molecule has 1 unspecified atom stereocenters. The van der Waals surface area contributed by atoms with Gasteiger partial charge in [0.05, 0.1) is 40.2 Å². The van der Waals surface area contributed by atoms with E-state index >= 15 is 0 Å². The molecular weight excluding hydrogens is 508 g/mol. The minimum absolute atomic E-state index is 0.360. The monoisotopic (exact) mass is 544 g/mol. The number of aromatic nitrogens is 1. The number of ether oxygens (including phenoxy) is 1. The number of anilines is 1. The highest BCUT2D eigenvalue weighted by Gasteiger charge is 2.41. The number of carbonyl (C=O) groups excluding carboxylic acids is 1. The van der Waals surface area contributed by atoms with Crippen molar-refractivity contribution in [3.63, 3.8) is 0 Å². The summed E-state index contributed by atoms with van der Waals surface area (Å²) >= 11 is 3.61. The minimum Gasteiger partial charge on any atom is -0.497 e. The predicted octanol–water partition coefficient (Wildman–Crippen LogP) is 4.56. The summed E-state index contributed by atoms with van der Waals surface area (Å²) < 4.78 is 6.74. The molecule has 3 N–H and O–H groups in total. The summed E-state index contributed by atoms with van der Waals surface area (Å²) in [5, 5.41) is 23.9. The number of fused-ring (bicyclic) bond motifs is 1.